The lowest BCUT2D eigenvalue weighted by Crippen LogP contribution is -2.09. The Labute approximate surface area is 129 Å². The van der Waals surface area contributed by atoms with Crippen molar-refractivity contribution in [3.8, 4) is 0 Å². The lowest BCUT2D eigenvalue weighted by molar-refractivity contribution is 0.376. The molecular weight excluding hydrogens is 383 g/mol. The molecule has 96 valence electrons. The summed E-state index contributed by atoms with van der Waals surface area (Å²) in [6.45, 7) is 0. The van der Waals surface area contributed by atoms with Crippen molar-refractivity contribution in [3.05, 3.63) is 19.8 Å². The number of thiophene rings is 1. The summed E-state index contributed by atoms with van der Waals surface area (Å²) in [7, 11) is 0. The van der Waals surface area contributed by atoms with Gasteiger partial charge in [0.2, 0.25) is 0 Å². The Morgan fingerprint density at radius 2 is 1.76 bits per heavy atom. The van der Waals surface area contributed by atoms with Gasteiger partial charge in [-0.2, -0.15) is 0 Å². The number of hydrogen-bond acceptors (Lipinski definition) is 1. The summed E-state index contributed by atoms with van der Waals surface area (Å²) in [5, 5.41) is 0. The van der Waals surface area contributed by atoms with Gasteiger partial charge < -0.3 is 0 Å². The molecule has 0 amide bonds. The SMILES string of the molecule is Clc1sc(C(Br)C2CCCCCCC2)cc1Br. The van der Waals surface area contributed by atoms with E-state index in [1.54, 1.807) is 11.3 Å². The molecule has 0 aromatic carbocycles. The van der Waals surface area contributed by atoms with Crippen molar-refractivity contribution in [2.75, 3.05) is 0 Å². The van der Waals surface area contributed by atoms with Crippen LogP contribution in [0.5, 0.6) is 0 Å². The maximum Gasteiger partial charge on any atom is 0.107 e. The highest BCUT2D eigenvalue weighted by Gasteiger charge is 2.23. The van der Waals surface area contributed by atoms with Gasteiger partial charge in [-0.1, -0.05) is 59.6 Å². The molecular formula is C13H17Br2ClS. The van der Waals surface area contributed by atoms with E-state index in [2.05, 4.69) is 37.9 Å². The predicted octanol–water partition coefficient (Wildman–Crippen LogP) is 6.96. The fourth-order valence-corrected chi connectivity index (χ4v) is 5.26. The highest BCUT2D eigenvalue weighted by molar-refractivity contribution is 9.10. The van der Waals surface area contributed by atoms with Gasteiger partial charge in [-0.15, -0.1) is 11.3 Å². The van der Waals surface area contributed by atoms with E-state index in [1.165, 1.54) is 49.8 Å². The molecule has 17 heavy (non-hydrogen) atoms. The number of alkyl halides is 1. The molecule has 1 aliphatic rings. The molecule has 0 radical (unpaired) electrons. The average molecular weight is 401 g/mol. The van der Waals surface area contributed by atoms with E-state index in [1.807, 2.05) is 0 Å². The minimum absolute atomic E-state index is 0.481. The Morgan fingerprint density at radius 3 is 2.29 bits per heavy atom. The third-order valence-corrected chi connectivity index (χ3v) is 7.60. The molecule has 0 nitrogen and oxygen atoms in total. The molecule has 2 rings (SSSR count). The molecule has 1 atom stereocenters. The standard InChI is InChI=1S/C13H17Br2ClS/c14-10-8-11(17-13(10)16)12(15)9-6-4-2-1-3-5-7-9/h8-9,12H,1-7H2. The second kappa shape index (κ2) is 6.93. The van der Waals surface area contributed by atoms with E-state index in [0.717, 1.165) is 14.7 Å². The third-order valence-electron chi connectivity index (χ3n) is 3.50. The Hall–Kier alpha value is 0.950. The smallest absolute Gasteiger partial charge is 0.107 e. The van der Waals surface area contributed by atoms with E-state index in [-0.39, 0.29) is 0 Å². The Kier molecular flexibility index (Phi) is 5.85. The molecule has 0 aliphatic heterocycles. The molecule has 0 bridgehead atoms. The van der Waals surface area contributed by atoms with Crippen molar-refractivity contribution >= 4 is 54.8 Å². The topological polar surface area (TPSA) is 0 Å². The average Bonchev–Trinajstić information content (AvgIpc) is 2.58. The van der Waals surface area contributed by atoms with Gasteiger partial charge in [0, 0.05) is 9.35 Å². The summed E-state index contributed by atoms with van der Waals surface area (Å²) in [6, 6.07) is 2.17. The number of rotatable bonds is 2. The van der Waals surface area contributed by atoms with Crippen LogP contribution in [0.15, 0.2) is 10.5 Å². The molecule has 1 aromatic rings. The Morgan fingerprint density at radius 1 is 1.18 bits per heavy atom. The highest BCUT2D eigenvalue weighted by Crippen LogP contribution is 2.44. The molecule has 1 aliphatic carbocycles. The molecule has 0 spiro atoms. The predicted molar refractivity (Wildman–Crippen MR) is 84.5 cm³/mol. The number of hydrogen-bond donors (Lipinski definition) is 0. The first-order chi connectivity index (χ1) is 8.18. The second-order valence-electron chi connectivity index (χ2n) is 4.78. The monoisotopic (exact) mass is 398 g/mol. The Bertz CT molecular complexity index is 337. The van der Waals surface area contributed by atoms with Gasteiger partial charge >= 0.3 is 0 Å². The van der Waals surface area contributed by atoms with Gasteiger partial charge in [0.1, 0.15) is 4.34 Å². The summed E-state index contributed by atoms with van der Waals surface area (Å²) in [6.07, 6.45) is 9.71. The van der Waals surface area contributed by atoms with Gasteiger partial charge in [-0.3, -0.25) is 0 Å². The molecule has 1 unspecified atom stereocenters. The zero-order valence-corrected chi connectivity index (χ0v) is 14.5. The van der Waals surface area contributed by atoms with E-state index < -0.39 is 0 Å². The minimum atomic E-state index is 0.481. The maximum atomic E-state index is 6.12. The lowest BCUT2D eigenvalue weighted by Gasteiger charge is -2.23. The summed E-state index contributed by atoms with van der Waals surface area (Å²) in [5.74, 6) is 0.775. The van der Waals surface area contributed by atoms with Gasteiger partial charge in [-0.05, 0) is 40.8 Å². The van der Waals surface area contributed by atoms with Crippen LogP contribution in [0.3, 0.4) is 0 Å². The van der Waals surface area contributed by atoms with Crippen LogP contribution in [0.25, 0.3) is 0 Å². The maximum absolute atomic E-state index is 6.12. The van der Waals surface area contributed by atoms with Crippen molar-refractivity contribution in [1.82, 2.24) is 0 Å². The third kappa shape index (κ3) is 3.95. The quantitative estimate of drug-likeness (QED) is 0.471. The van der Waals surface area contributed by atoms with Crippen LogP contribution in [0.4, 0.5) is 0 Å². The fourth-order valence-electron chi connectivity index (χ4n) is 2.51. The first kappa shape index (κ1) is 14.4. The van der Waals surface area contributed by atoms with E-state index in [0.29, 0.717) is 4.83 Å². The molecule has 4 heteroatoms. The van der Waals surface area contributed by atoms with Gasteiger partial charge in [0.15, 0.2) is 0 Å². The molecule has 1 aromatic heterocycles. The summed E-state index contributed by atoms with van der Waals surface area (Å²) >= 11 is 15.2. The van der Waals surface area contributed by atoms with Gasteiger partial charge in [0.05, 0.1) is 4.83 Å². The van der Waals surface area contributed by atoms with Crippen LogP contribution in [0.2, 0.25) is 4.34 Å². The normalized spacial score (nSPS) is 20.9. The van der Waals surface area contributed by atoms with Crippen LogP contribution in [0.1, 0.15) is 54.7 Å². The molecule has 1 heterocycles. The van der Waals surface area contributed by atoms with Crippen LogP contribution < -0.4 is 0 Å². The molecule has 1 fully saturated rings. The van der Waals surface area contributed by atoms with Crippen molar-refractivity contribution < 1.29 is 0 Å². The Balaban J connectivity index is 2.04. The largest absolute Gasteiger partial charge is 0.126 e. The van der Waals surface area contributed by atoms with Crippen LogP contribution in [0, 0.1) is 5.92 Å². The van der Waals surface area contributed by atoms with E-state index >= 15 is 0 Å². The van der Waals surface area contributed by atoms with Crippen molar-refractivity contribution in [3.63, 3.8) is 0 Å². The second-order valence-corrected chi connectivity index (χ2v) is 8.30. The van der Waals surface area contributed by atoms with Crippen LogP contribution >= 0.6 is 54.8 Å². The van der Waals surface area contributed by atoms with Crippen LogP contribution in [-0.2, 0) is 0 Å². The van der Waals surface area contributed by atoms with Crippen molar-refractivity contribution in [2.24, 2.45) is 5.92 Å². The first-order valence-electron chi connectivity index (χ1n) is 6.27. The summed E-state index contributed by atoms with van der Waals surface area (Å²) in [5.41, 5.74) is 0. The first-order valence-corrected chi connectivity index (χ1v) is 9.17. The molecule has 0 N–H and O–H groups in total. The lowest BCUT2D eigenvalue weighted by atomic mass is 9.88. The number of halogens is 3. The molecule has 1 saturated carbocycles. The zero-order valence-electron chi connectivity index (χ0n) is 9.72. The fraction of sp³-hybridized carbons (Fsp3) is 0.692. The van der Waals surface area contributed by atoms with Gasteiger partial charge in [-0.25, -0.2) is 0 Å². The molecule has 0 saturated heterocycles. The zero-order chi connectivity index (χ0) is 12.3. The van der Waals surface area contributed by atoms with Crippen LogP contribution in [-0.4, -0.2) is 0 Å². The van der Waals surface area contributed by atoms with Crippen molar-refractivity contribution in [1.29, 1.82) is 0 Å². The van der Waals surface area contributed by atoms with Gasteiger partial charge in [0.25, 0.3) is 0 Å². The summed E-state index contributed by atoms with van der Waals surface area (Å²) < 4.78 is 1.91. The van der Waals surface area contributed by atoms with E-state index in [4.69, 9.17) is 11.6 Å². The highest BCUT2D eigenvalue weighted by atomic mass is 79.9. The van der Waals surface area contributed by atoms with Crippen molar-refractivity contribution in [2.45, 2.75) is 49.8 Å². The summed E-state index contributed by atoms with van der Waals surface area (Å²) in [4.78, 5) is 1.85. The van der Waals surface area contributed by atoms with E-state index in [9.17, 15) is 0 Å². The minimum Gasteiger partial charge on any atom is -0.126 e.